The molecule has 1 saturated heterocycles. The van der Waals surface area contributed by atoms with E-state index in [4.69, 9.17) is 4.74 Å². The predicted octanol–water partition coefficient (Wildman–Crippen LogP) is 1.97. The first-order valence-electron chi connectivity index (χ1n) is 8.04. The maximum atomic E-state index is 13.4. The molecule has 23 heavy (non-hydrogen) atoms. The average Bonchev–Trinajstić information content (AvgIpc) is 2.49. The van der Waals surface area contributed by atoms with Crippen LogP contribution in [0.1, 0.15) is 26.2 Å². The molecule has 1 aliphatic rings. The average molecular weight is 322 g/mol. The van der Waals surface area contributed by atoms with E-state index in [1.807, 2.05) is 0 Å². The van der Waals surface area contributed by atoms with E-state index in [1.54, 1.807) is 17.0 Å². The van der Waals surface area contributed by atoms with Crippen molar-refractivity contribution in [2.45, 2.75) is 26.2 Å². The molecule has 6 heteroatoms. The number of ether oxygens (including phenoxy) is 1. The minimum absolute atomic E-state index is 0.000162. The summed E-state index contributed by atoms with van der Waals surface area (Å²) in [6.07, 6.45) is 3.20. The van der Waals surface area contributed by atoms with Crippen LogP contribution in [-0.4, -0.2) is 43.0 Å². The summed E-state index contributed by atoms with van der Waals surface area (Å²) in [5.41, 5.74) is 0. The van der Waals surface area contributed by atoms with Crippen LogP contribution in [0, 0.1) is 11.7 Å². The number of hydrogen-bond donors (Lipinski definition) is 1. The van der Waals surface area contributed by atoms with E-state index in [-0.39, 0.29) is 30.1 Å². The lowest BCUT2D eigenvalue weighted by Gasteiger charge is -2.38. The van der Waals surface area contributed by atoms with Crippen molar-refractivity contribution in [2.75, 3.05) is 26.2 Å². The Morgan fingerprint density at radius 2 is 2.04 bits per heavy atom. The van der Waals surface area contributed by atoms with Crippen molar-refractivity contribution < 1.29 is 18.7 Å². The number of amides is 2. The molecule has 0 aliphatic carbocycles. The van der Waals surface area contributed by atoms with Crippen LogP contribution >= 0.6 is 0 Å². The summed E-state index contributed by atoms with van der Waals surface area (Å²) in [6, 6.07) is 5.96. The second-order valence-corrected chi connectivity index (χ2v) is 5.71. The van der Waals surface area contributed by atoms with Crippen molar-refractivity contribution in [1.82, 2.24) is 10.2 Å². The number of nitrogens with zero attached hydrogens (tertiary/aromatic N) is 1. The Bertz CT molecular complexity index is 544. The van der Waals surface area contributed by atoms with Crippen LogP contribution in [-0.2, 0) is 9.59 Å². The zero-order chi connectivity index (χ0) is 16.7. The van der Waals surface area contributed by atoms with Gasteiger partial charge in [-0.2, -0.15) is 0 Å². The second-order valence-electron chi connectivity index (χ2n) is 5.71. The fraction of sp³-hybridized carbons (Fsp3) is 0.529. The molecule has 0 saturated carbocycles. The molecule has 1 N–H and O–H groups in total. The third-order valence-corrected chi connectivity index (χ3v) is 3.87. The number of para-hydroxylation sites is 1. The van der Waals surface area contributed by atoms with Crippen LogP contribution in [0.25, 0.3) is 0 Å². The van der Waals surface area contributed by atoms with E-state index in [9.17, 15) is 14.0 Å². The first-order valence-corrected chi connectivity index (χ1v) is 8.04. The molecule has 0 aromatic heterocycles. The van der Waals surface area contributed by atoms with Crippen LogP contribution in [0.3, 0.4) is 0 Å². The maximum Gasteiger partial charge on any atom is 0.260 e. The molecular weight excluding hydrogens is 299 g/mol. The normalized spacial score (nSPS) is 14.3. The molecular formula is C17H23FN2O3. The lowest BCUT2D eigenvalue weighted by molar-refractivity contribution is -0.144. The van der Waals surface area contributed by atoms with E-state index in [0.717, 1.165) is 19.3 Å². The molecule has 0 bridgehead atoms. The Hall–Kier alpha value is -2.11. The van der Waals surface area contributed by atoms with Gasteiger partial charge in [0.25, 0.3) is 5.91 Å². The summed E-state index contributed by atoms with van der Waals surface area (Å²) < 4.78 is 18.6. The van der Waals surface area contributed by atoms with Crippen LogP contribution < -0.4 is 10.1 Å². The molecule has 1 heterocycles. The first kappa shape index (κ1) is 17.2. The largest absolute Gasteiger partial charge is 0.481 e. The molecule has 1 aromatic rings. The zero-order valence-electron chi connectivity index (χ0n) is 13.4. The van der Waals surface area contributed by atoms with Gasteiger partial charge in [-0.3, -0.25) is 9.59 Å². The van der Waals surface area contributed by atoms with Crippen LogP contribution in [0.2, 0.25) is 0 Å². The Morgan fingerprint density at radius 3 is 2.74 bits per heavy atom. The SMILES string of the molecule is CCCCCNC(=O)C1CN(C(=O)COc2ccccc2F)C1. The van der Waals surface area contributed by atoms with Gasteiger partial charge in [-0.05, 0) is 18.6 Å². The molecule has 126 valence electrons. The summed E-state index contributed by atoms with van der Waals surface area (Å²) in [5, 5.41) is 2.89. The Balaban J connectivity index is 1.65. The highest BCUT2D eigenvalue weighted by Gasteiger charge is 2.35. The van der Waals surface area contributed by atoms with Crippen molar-refractivity contribution >= 4 is 11.8 Å². The molecule has 1 fully saturated rings. The van der Waals surface area contributed by atoms with Gasteiger partial charge in [0.1, 0.15) is 0 Å². The molecule has 2 rings (SSSR count). The van der Waals surface area contributed by atoms with Crippen LogP contribution in [0.15, 0.2) is 24.3 Å². The monoisotopic (exact) mass is 322 g/mol. The van der Waals surface area contributed by atoms with Crippen LogP contribution in [0.4, 0.5) is 4.39 Å². The Labute approximate surface area is 135 Å². The van der Waals surface area contributed by atoms with Crippen molar-refractivity contribution in [2.24, 2.45) is 5.92 Å². The number of hydrogen-bond acceptors (Lipinski definition) is 3. The minimum Gasteiger partial charge on any atom is -0.481 e. The summed E-state index contributed by atoms with van der Waals surface area (Å²) in [4.78, 5) is 25.3. The number of halogens is 1. The fourth-order valence-corrected chi connectivity index (χ4v) is 2.37. The Morgan fingerprint density at radius 1 is 1.30 bits per heavy atom. The van der Waals surface area contributed by atoms with E-state index < -0.39 is 5.82 Å². The van der Waals surface area contributed by atoms with E-state index >= 15 is 0 Å². The smallest absolute Gasteiger partial charge is 0.260 e. The van der Waals surface area contributed by atoms with Gasteiger partial charge in [0.05, 0.1) is 5.92 Å². The number of carbonyl (C=O) groups excluding carboxylic acids is 2. The summed E-state index contributed by atoms with van der Waals surface area (Å²) in [5.74, 6) is -0.808. The van der Waals surface area contributed by atoms with Gasteiger partial charge in [-0.25, -0.2) is 4.39 Å². The molecule has 1 aliphatic heterocycles. The van der Waals surface area contributed by atoms with Gasteiger partial charge in [0.2, 0.25) is 5.91 Å². The summed E-state index contributed by atoms with van der Waals surface area (Å²) >= 11 is 0. The molecule has 1 aromatic carbocycles. The minimum atomic E-state index is -0.492. The van der Waals surface area contributed by atoms with Crippen molar-refractivity contribution in [3.8, 4) is 5.75 Å². The zero-order valence-corrected chi connectivity index (χ0v) is 13.4. The highest BCUT2D eigenvalue weighted by atomic mass is 19.1. The third kappa shape index (κ3) is 4.94. The number of carbonyl (C=O) groups is 2. The number of likely N-dealkylation sites (tertiary alicyclic amines) is 1. The third-order valence-electron chi connectivity index (χ3n) is 3.87. The van der Waals surface area contributed by atoms with E-state index in [0.29, 0.717) is 19.6 Å². The van der Waals surface area contributed by atoms with Crippen molar-refractivity contribution in [3.05, 3.63) is 30.1 Å². The molecule has 5 nitrogen and oxygen atoms in total. The molecule has 0 atom stereocenters. The van der Waals surface area contributed by atoms with Gasteiger partial charge in [-0.15, -0.1) is 0 Å². The van der Waals surface area contributed by atoms with E-state index in [1.165, 1.54) is 12.1 Å². The quantitative estimate of drug-likeness (QED) is 0.745. The molecule has 0 radical (unpaired) electrons. The lowest BCUT2D eigenvalue weighted by atomic mass is 9.99. The number of unbranched alkanes of at least 4 members (excludes halogenated alkanes) is 2. The maximum absolute atomic E-state index is 13.4. The van der Waals surface area contributed by atoms with Crippen LogP contribution in [0.5, 0.6) is 5.75 Å². The topological polar surface area (TPSA) is 58.6 Å². The molecule has 0 unspecified atom stereocenters. The molecule has 0 spiro atoms. The first-order chi connectivity index (χ1) is 11.1. The highest BCUT2D eigenvalue weighted by Crippen LogP contribution is 2.18. The number of rotatable bonds is 8. The number of nitrogens with one attached hydrogen (secondary N) is 1. The van der Waals surface area contributed by atoms with Crippen molar-refractivity contribution in [3.63, 3.8) is 0 Å². The van der Waals surface area contributed by atoms with Gasteiger partial charge in [0.15, 0.2) is 18.2 Å². The summed E-state index contributed by atoms with van der Waals surface area (Å²) in [7, 11) is 0. The Kier molecular flexibility index (Phi) is 6.38. The predicted molar refractivity (Wildman–Crippen MR) is 84.5 cm³/mol. The fourth-order valence-electron chi connectivity index (χ4n) is 2.37. The van der Waals surface area contributed by atoms with Crippen molar-refractivity contribution in [1.29, 1.82) is 0 Å². The van der Waals surface area contributed by atoms with Gasteiger partial charge in [-0.1, -0.05) is 31.9 Å². The van der Waals surface area contributed by atoms with Gasteiger partial charge in [0, 0.05) is 19.6 Å². The summed E-state index contributed by atoms with van der Waals surface area (Å²) in [6.45, 7) is 3.39. The highest BCUT2D eigenvalue weighted by molar-refractivity contribution is 5.85. The van der Waals surface area contributed by atoms with Gasteiger partial charge >= 0.3 is 0 Å². The number of benzene rings is 1. The van der Waals surface area contributed by atoms with E-state index in [2.05, 4.69) is 12.2 Å². The molecule has 2 amide bonds. The van der Waals surface area contributed by atoms with Gasteiger partial charge < -0.3 is 15.0 Å². The lowest BCUT2D eigenvalue weighted by Crippen LogP contribution is -2.56. The standard InChI is InChI=1S/C17H23FN2O3/c1-2-3-6-9-19-17(22)13-10-20(11-13)16(21)12-23-15-8-5-4-7-14(15)18/h4-5,7-8,13H,2-3,6,9-12H2,1H3,(H,19,22). The second kappa shape index (κ2) is 8.50.